The predicted molar refractivity (Wildman–Crippen MR) is 67.6 cm³/mol. The van der Waals surface area contributed by atoms with Crippen LogP contribution in [-0.2, 0) is 4.79 Å². The third-order valence-electron chi connectivity index (χ3n) is 2.66. The molecule has 0 spiro atoms. The number of carbonyl (C=O) groups excluding carboxylic acids is 1. The van der Waals surface area contributed by atoms with Gasteiger partial charge in [-0.3, -0.25) is 9.79 Å². The third kappa shape index (κ3) is 2.02. The number of aliphatic imine (C=N–C) groups is 1. The lowest BCUT2D eigenvalue weighted by atomic mass is 10.1. The first kappa shape index (κ1) is 11.3. The third-order valence-corrected chi connectivity index (χ3v) is 3.15. The number of amides is 1. The Labute approximate surface area is 103 Å². The molecule has 16 heavy (non-hydrogen) atoms. The zero-order chi connectivity index (χ0) is 11.7. The molecule has 1 amide bonds. The van der Waals surface area contributed by atoms with Crippen LogP contribution < -0.4 is 5.32 Å². The molecule has 1 unspecified atom stereocenters. The number of amidine groups is 1. The van der Waals surface area contributed by atoms with Crippen molar-refractivity contribution in [1.29, 1.82) is 0 Å². The van der Waals surface area contributed by atoms with Gasteiger partial charge >= 0.3 is 0 Å². The minimum absolute atomic E-state index is 0.000168. The first-order valence-corrected chi connectivity index (χ1v) is 6.06. The van der Waals surface area contributed by atoms with Gasteiger partial charge in [-0.1, -0.05) is 22.9 Å². The summed E-state index contributed by atoms with van der Waals surface area (Å²) in [5.74, 6) is 0.696. The molecule has 84 valence electrons. The lowest BCUT2D eigenvalue weighted by Crippen LogP contribution is -2.29. The fraction of sp³-hybridized carbons (Fsp3) is 0.333. The quantitative estimate of drug-likeness (QED) is 0.888. The predicted octanol–water partition coefficient (Wildman–Crippen LogP) is 2.41. The number of nitrogens with one attached hydrogen (secondary N) is 1. The number of aryl methyl sites for hydroxylation is 1. The summed E-state index contributed by atoms with van der Waals surface area (Å²) < 4.78 is 1.03. The Hall–Kier alpha value is -1.16. The van der Waals surface area contributed by atoms with Crippen LogP contribution in [0.2, 0.25) is 0 Å². The zero-order valence-electron chi connectivity index (χ0n) is 9.25. The van der Waals surface area contributed by atoms with Crippen molar-refractivity contribution in [2.45, 2.75) is 26.3 Å². The molecule has 0 radical (unpaired) electrons. The van der Waals surface area contributed by atoms with Crippen LogP contribution in [0.15, 0.2) is 27.7 Å². The minimum Gasteiger partial charge on any atom is -0.309 e. The molecule has 1 aliphatic rings. The van der Waals surface area contributed by atoms with Crippen molar-refractivity contribution >= 4 is 27.7 Å². The molecule has 4 heteroatoms. The van der Waals surface area contributed by atoms with E-state index >= 15 is 0 Å². The fourth-order valence-corrected chi connectivity index (χ4v) is 2.23. The van der Waals surface area contributed by atoms with Crippen molar-refractivity contribution in [1.82, 2.24) is 5.32 Å². The summed E-state index contributed by atoms with van der Waals surface area (Å²) in [4.78, 5) is 15.9. The topological polar surface area (TPSA) is 41.5 Å². The molecule has 1 heterocycles. The number of hydrogen-bond donors (Lipinski definition) is 1. The van der Waals surface area contributed by atoms with Crippen LogP contribution in [0.1, 0.15) is 24.5 Å². The molecule has 1 aromatic carbocycles. The number of nitrogens with zero attached hydrogens (tertiary/aromatic N) is 1. The molecule has 2 rings (SSSR count). The van der Waals surface area contributed by atoms with Crippen LogP contribution >= 0.6 is 15.9 Å². The van der Waals surface area contributed by atoms with Crippen LogP contribution in [0.3, 0.4) is 0 Å². The molecule has 0 aromatic heterocycles. The summed E-state index contributed by atoms with van der Waals surface area (Å²) in [5.41, 5.74) is 2.10. The SMILES string of the molecule is CCC1N=C(c2ccc(Br)cc2C)NC1=O. The number of benzene rings is 1. The molecule has 0 saturated carbocycles. The van der Waals surface area contributed by atoms with Crippen LogP contribution in [0.5, 0.6) is 0 Å². The monoisotopic (exact) mass is 280 g/mol. The smallest absolute Gasteiger partial charge is 0.250 e. The second kappa shape index (κ2) is 4.37. The van der Waals surface area contributed by atoms with Crippen molar-refractivity contribution < 1.29 is 4.79 Å². The highest BCUT2D eigenvalue weighted by molar-refractivity contribution is 9.10. The Morgan fingerprint density at radius 3 is 2.81 bits per heavy atom. The van der Waals surface area contributed by atoms with Gasteiger partial charge in [-0.15, -0.1) is 0 Å². The van der Waals surface area contributed by atoms with E-state index in [2.05, 4.69) is 26.2 Å². The van der Waals surface area contributed by atoms with E-state index in [4.69, 9.17) is 0 Å². The lowest BCUT2D eigenvalue weighted by Gasteiger charge is -2.05. The molecular formula is C12H13BrN2O. The largest absolute Gasteiger partial charge is 0.309 e. The van der Waals surface area contributed by atoms with E-state index in [0.29, 0.717) is 5.84 Å². The molecule has 1 atom stereocenters. The van der Waals surface area contributed by atoms with Crippen molar-refractivity contribution in [3.05, 3.63) is 33.8 Å². The first-order valence-electron chi connectivity index (χ1n) is 5.27. The van der Waals surface area contributed by atoms with Crippen molar-refractivity contribution in [2.24, 2.45) is 4.99 Å². The van der Waals surface area contributed by atoms with Gasteiger partial charge in [0.2, 0.25) is 5.91 Å². The van der Waals surface area contributed by atoms with Gasteiger partial charge in [-0.2, -0.15) is 0 Å². The summed E-state index contributed by atoms with van der Waals surface area (Å²) in [5, 5.41) is 2.83. The Morgan fingerprint density at radius 1 is 1.50 bits per heavy atom. The molecule has 0 bridgehead atoms. The maximum Gasteiger partial charge on any atom is 0.250 e. The Balaban J connectivity index is 2.36. The number of hydrogen-bond acceptors (Lipinski definition) is 2. The van der Waals surface area contributed by atoms with Gasteiger partial charge in [-0.05, 0) is 37.1 Å². The molecular weight excluding hydrogens is 268 g/mol. The van der Waals surface area contributed by atoms with Crippen LogP contribution in [-0.4, -0.2) is 17.8 Å². The van der Waals surface area contributed by atoms with E-state index in [0.717, 1.165) is 22.0 Å². The Bertz CT molecular complexity index is 468. The highest BCUT2D eigenvalue weighted by Gasteiger charge is 2.25. The molecule has 3 nitrogen and oxygen atoms in total. The van der Waals surface area contributed by atoms with E-state index in [1.54, 1.807) is 0 Å². The van der Waals surface area contributed by atoms with Crippen LogP contribution in [0.4, 0.5) is 0 Å². The van der Waals surface area contributed by atoms with Crippen molar-refractivity contribution in [3.63, 3.8) is 0 Å². The lowest BCUT2D eigenvalue weighted by molar-refractivity contribution is -0.120. The van der Waals surface area contributed by atoms with Gasteiger partial charge in [0, 0.05) is 10.0 Å². The maximum absolute atomic E-state index is 11.5. The standard InChI is InChI=1S/C12H13BrN2O/c1-3-10-12(16)15-11(14-10)9-5-4-8(13)6-7(9)2/h4-6,10H,3H2,1-2H3,(H,14,15,16). The zero-order valence-corrected chi connectivity index (χ0v) is 10.8. The summed E-state index contributed by atoms with van der Waals surface area (Å²) >= 11 is 3.42. The molecule has 1 N–H and O–H groups in total. The summed E-state index contributed by atoms with van der Waals surface area (Å²) in [6.45, 7) is 3.97. The Morgan fingerprint density at radius 2 is 2.25 bits per heavy atom. The van der Waals surface area contributed by atoms with E-state index < -0.39 is 0 Å². The van der Waals surface area contributed by atoms with Gasteiger partial charge < -0.3 is 5.32 Å². The second-order valence-electron chi connectivity index (χ2n) is 3.85. The van der Waals surface area contributed by atoms with Gasteiger partial charge in [-0.25, -0.2) is 0 Å². The summed E-state index contributed by atoms with van der Waals surface area (Å²) in [6, 6.07) is 5.72. The first-order chi connectivity index (χ1) is 7.61. The molecule has 0 fully saturated rings. The Kier molecular flexibility index (Phi) is 3.10. The average Bonchev–Trinajstić information content (AvgIpc) is 2.59. The number of halogens is 1. The summed E-state index contributed by atoms with van der Waals surface area (Å²) in [7, 11) is 0. The van der Waals surface area contributed by atoms with Gasteiger partial charge in [0.25, 0.3) is 0 Å². The second-order valence-corrected chi connectivity index (χ2v) is 4.77. The molecule has 0 saturated heterocycles. The highest BCUT2D eigenvalue weighted by atomic mass is 79.9. The highest BCUT2D eigenvalue weighted by Crippen LogP contribution is 2.18. The maximum atomic E-state index is 11.5. The van der Waals surface area contributed by atoms with Crippen molar-refractivity contribution in [3.8, 4) is 0 Å². The van der Waals surface area contributed by atoms with Gasteiger partial charge in [0.05, 0.1) is 0 Å². The molecule has 0 aliphatic carbocycles. The van der Waals surface area contributed by atoms with Crippen molar-refractivity contribution in [2.75, 3.05) is 0 Å². The number of carbonyl (C=O) groups is 1. The van der Waals surface area contributed by atoms with Crippen LogP contribution in [0, 0.1) is 6.92 Å². The minimum atomic E-state index is -0.224. The van der Waals surface area contributed by atoms with E-state index in [9.17, 15) is 4.79 Å². The van der Waals surface area contributed by atoms with Gasteiger partial charge in [0.15, 0.2) is 0 Å². The van der Waals surface area contributed by atoms with E-state index in [1.165, 1.54) is 0 Å². The fourth-order valence-electron chi connectivity index (χ4n) is 1.75. The van der Waals surface area contributed by atoms with E-state index in [-0.39, 0.29) is 11.9 Å². The molecule has 1 aliphatic heterocycles. The average molecular weight is 281 g/mol. The summed E-state index contributed by atoms with van der Waals surface area (Å²) in [6.07, 6.45) is 0.741. The normalized spacial score (nSPS) is 19.6. The van der Waals surface area contributed by atoms with Crippen LogP contribution in [0.25, 0.3) is 0 Å². The van der Waals surface area contributed by atoms with Gasteiger partial charge in [0.1, 0.15) is 11.9 Å². The van der Waals surface area contributed by atoms with E-state index in [1.807, 2.05) is 32.0 Å². The molecule has 1 aromatic rings. The number of rotatable bonds is 2.